The molecule has 6 nitrogen and oxygen atoms in total. The molecule has 0 heterocycles. The fraction of sp³-hybridized carbons (Fsp3) is 0.625. The highest BCUT2D eigenvalue weighted by atomic mass is 16.5. The van der Waals surface area contributed by atoms with Crippen LogP contribution in [0.4, 0.5) is 0 Å². The minimum Gasteiger partial charge on any atom is -0.481 e. The monoisotopic (exact) mass is 422 g/mol. The van der Waals surface area contributed by atoms with Crippen molar-refractivity contribution in [3.05, 3.63) is 41.0 Å². The van der Waals surface area contributed by atoms with Gasteiger partial charge < -0.3 is 25.5 Å². The number of allylic oxidation sites excluding steroid dienone is 1. The fourth-order valence-corrected chi connectivity index (χ4v) is 3.57. The lowest BCUT2D eigenvalue weighted by atomic mass is 9.77. The van der Waals surface area contributed by atoms with Crippen LogP contribution in [0.3, 0.4) is 0 Å². The molecule has 5 N–H and O–H groups in total. The molecule has 6 heteroatoms. The number of fused-ring (bicyclic) bond motifs is 1. The Hall–Kier alpha value is -1.73. The molecule has 5 atom stereocenters. The van der Waals surface area contributed by atoms with Crippen molar-refractivity contribution >= 4 is 12.0 Å². The molecule has 30 heavy (non-hydrogen) atoms. The molecule has 0 aliphatic heterocycles. The summed E-state index contributed by atoms with van der Waals surface area (Å²) in [6.07, 6.45) is 3.58. The SMILES string of the molecule is CCC(C)C(O)O.Cc1ccc2c(c1)C=CC(C)C2CC[C@@H](O)CC(O)CC(=O)O. The summed E-state index contributed by atoms with van der Waals surface area (Å²) in [5, 5.41) is 45.1. The van der Waals surface area contributed by atoms with Gasteiger partial charge in [0.05, 0.1) is 18.6 Å². The molecule has 170 valence electrons. The van der Waals surface area contributed by atoms with E-state index in [2.05, 4.69) is 44.2 Å². The fourth-order valence-electron chi connectivity index (χ4n) is 3.57. The molecule has 1 aromatic carbocycles. The number of benzene rings is 1. The Bertz CT molecular complexity index is 684. The minimum atomic E-state index is -1.13. The number of aryl methyl sites for hydroxylation is 1. The summed E-state index contributed by atoms with van der Waals surface area (Å²) in [6, 6.07) is 6.46. The first-order valence-corrected chi connectivity index (χ1v) is 10.8. The molecule has 0 amide bonds. The number of hydrogen-bond acceptors (Lipinski definition) is 5. The predicted molar refractivity (Wildman–Crippen MR) is 118 cm³/mol. The number of carbonyl (C=O) groups is 1. The smallest absolute Gasteiger partial charge is 0.305 e. The zero-order valence-corrected chi connectivity index (χ0v) is 18.5. The molecule has 1 aliphatic carbocycles. The largest absolute Gasteiger partial charge is 0.481 e. The van der Waals surface area contributed by atoms with Gasteiger partial charge in [-0.05, 0) is 55.6 Å². The lowest BCUT2D eigenvalue weighted by molar-refractivity contribution is -0.139. The van der Waals surface area contributed by atoms with Crippen LogP contribution in [0.1, 0.15) is 75.5 Å². The summed E-state index contributed by atoms with van der Waals surface area (Å²) >= 11 is 0. The van der Waals surface area contributed by atoms with Gasteiger partial charge in [0.1, 0.15) is 0 Å². The van der Waals surface area contributed by atoms with Gasteiger partial charge in [-0.1, -0.05) is 56.7 Å². The van der Waals surface area contributed by atoms with Crippen molar-refractivity contribution in [2.45, 2.75) is 84.2 Å². The molecule has 0 aromatic heterocycles. The van der Waals surface area contributed by atoms with Crippen LogP contribution in [-0.2, 0) is 4.79 Å². The van der Waals surface area contributed by atoms with E-state index in [0.717, 1.165) is 12.8 Å². The molecule has 0 saturated heterocycles. The number of aliphatic carboxylic acids is 1. The van der Waals surface area contributed by atoms with Crippen molar-refractivity contribution in [2.24, 2.45) is 11.8 Å². The Kier molecular flexibility index (Phi) is 11.3. The van der Waals surface area contributed by atoms with Gasteiger partial charge in [-0.25, -0.2) is 0 Å². The molecule has 4 unspecified atom stereocenters. The molecule has 0 spiro atoms. The highest BCUT2D eigenvalue weighted by Crippen LogP contribution is 2.38. The van der Waals surface area contributed by atoms with E-state index in [0.29, 0.717) is 18.3 Å². The van der Waals surface area contributed by atoms with E-state index in [1.54, 1.807) is 6.92 Å². The Morgan fingerprint density at radius 1 is 1.13 bits per heavy atom. The van der Waals surface area contributed by atoms with Crippen molar-refractivity contribution in [1.29, 1.82) is 0 Å². The van der Waals surface area contributed by atoms with E-state index >= 15 is 0 Å². The standard InChI is InChI=1S/C19H26O4.C5H12O2/c1-12-3-7-18-14(9-12)5-4-13(2)17(18)8-6-15(20)10-16(21)11-19(22)23;1-3-4(2)5(6)7/h3-5,7,9,13,15-17,20-21H,6,8,10-11H2,1-2H3,(H,22,23);4-7H,3H2,1-2H3/t13?,15-,16?,17?;/m1./s1. The number of hydrogen-bond donors (Lipinski definition) is 5. The third-order valence-corrected chi connectivity index (χ3v) is 5.77. The van der Waals surface area contributed by atoms with Crippen LogP contribution in [0, 0.1) is 18.8 Å². The van der Waals surface area contributed by atoms with Gasteiger partial charge in [-0.3, -0.25) is 4.79 Å². The van der Waals surface area contributed by atoms with Gasteiger partial charge in [-0.2, -0.15) is 0 Å². The lowest BCUT2D eigenvalue weighted by Gasteiger charge is -2.29. The average Bonchev–Trinajstić information content (AvgIpc) is 2.66. The Morgan fingerprint density at radius 2 is 1.80 bits per heavy atom. The van der Waals surface area contributed by atoms with E-state index in [-0.39, 0.29) is 18.8 Å². The van der Waals surface area contributed by atoms with Gasteiger partial charge in [0.15, 0.2) is 6.29 Å². The Morgan fingerprint density at radius 3 is 2.33 bits per heavy atom. The first-order valence-electron chi connectivity index (χ1n) is 10.8. The number of aliphatic hydroxyl groups excluding tert-OH is 3. The van der Waals surface area contributed by atoms with Crippen molar-refractivity contribution in [3.8, 4) is 0 Å². The molecule has 0 saturated carbocycles. The second kappa shape index (κ2) is 12.8. The maximum Gasteiger partial charge on any atom is 0.305 e. The first kappa shape index (κ1) is 26.3. The molecule has 2 rings (SSSR count). The zero-order valence-electron chi connectivity index (χ0n) is 18.5. The van der Waals surface area contributed by atoms with Crippen molar-refractivity contribution in [1.82, 2.24) is 0 Å². The lowest BCUT2D eigenvalue weighted by Crippen LogP contribution is -2.22. The van der Waals surface area contributed by atoms with Gasteiger partial charge in [-0.15, -0.1) is 0 Å². The van der Waals surface area contributed by atoms with Crippen molar-refractivity contribution in [3.63, 3.8) is 0 Å². The molecule has 0 fully saturated rings. The van der Waals surface area contributed by atoms with Crippen LogP contribution in [0.25, 0.3) is 6.08 Å². The highest BCUT2D eigenvalue weighted by Gasteiger charge is 2.24. The van der Waals surface area contributed by atoms with Crippen LogP contribution in [0.15, 0.2) is 24.3 Å². The zero-order chi connectivity index (χ0) is 22.8. The quantitative estimate of drug-likeness (QED) is 0.389. The van der Waals surface area contributed by atoms with E-state index in [1.165, 1.54) is 16.7 Å². The number of carboxylic acid groups (broad SMARTS) is 1. The van der Waals surface area contributed by atoms with E-state index in [9.17, 15) is 15.0 Å². The van der Waals surface area contributed by atoms with Gasteiger partial charge in [0.2, 0.25) is 0 Å². The summed E-state index contributed by atoms with van der Waals surface area (Å²) in [5.74, 6) is -0.275. The molecular formula is C24H38O6. The Balaban J connectivity index is 0.000000553. The molecule has 1 aromatic rings. The van der Waals surface area contributed by atoms with Crippen LogP contribution < -0.4 is 0 Å². The molecule has 1 aliphatic rings. The van der Waals surface area contributed by atoms with Crippen LogP contribution >= 0.6 is 0 Å². The van der Waals surface area contributed by atoms with Crippen LogP contribution in [0.5, 0.6) is 0 Å². The number of rotatable bonds is 9. The number of aliphatic hydroxyl groups is 4. The summed E-state index contributed by atoms with van der Waals surface area (Å²) < 4.78 is 0. The summed E-state index contributed by atoms with van der Waals surface area (Å²) in [4.78, 5) is 10.6. The first-order chi connectivity index (χ1) is 14.0. The van der Waals surface area contributed by atoms with E-state index in [4.69, 9.17) is 15.3 Å². The van der Waals surface area contributed by atoms with Gasteiger partial charge in [0.25, 0.3) is 0 Å². The van der Waals surface area contributed by atoms with Crippen molar-refractivity contribution < 1.29 is 30.3 Å². The highest BCUT2D eigenvalue weighted by molar-refractivity contribution is 5.67. The third kappa shape index (κ3) is 8.96. The number of carboxylic acids is 1. The van der Waals surface area contributed by atoms with Gasteiger partial charge >= 0.3 is 5.97 Å². The third-order valence-electron chi connectivity index (χ3n) is 5.77. The topological polar surface area (TPSA) is 118 Å². The van der Waals surface area contributed by atoms with Crippen LogP contribution in [-0.4, -0.2) is 50.0 Å². The average molecular weight is 423 g/mol. The summed E-state index contributed by atoms with van der Waals surface area (Å²) in [7, 11) is 0. The molecular weight excluding hydrogens is 384 g/mol. The van der Waals surface area contributed by atoms with Gasteiger partial charge in [0, 0.05) is 5.92 Å². The van der Waals surface area contributed by atoms with E-state index < -0.39 is 24.5 Å². The maximum absolute atomic E-state index is 10.6. The maximum atomic E-state index is 10.6. The van der Waals surface area contributed by atoms with Crippen molar-refractivity contribution in [2.75, 3.05) is 0 Å². The second-order valence-electron chi connectivity index (χ2n) is 8.47. The molecule has 0 bridgehead atoms. The summed E-state index contributed by atoms with van der Waals surface area (Å²) in [5.41, 5.74) is 3.79. The summed E-state index contributed by atoms with van der Waals surface area (Å²) in [6.45, 7) is 7.97. The van der Waals surface area contributed by atoms with Crippen LogP contribution in [0.2, 0.25) is 0 Å². The Labute approximate surface area is 179 Å². The minimum absolute atomic E-state index is 0.0139. The van der Waals surface area contributed by atoms with E-state index in [1.807, 2.05) is 6.92 Å². The molecule has 0 radical (unpaired) electrons. The predicted octanol–water partition coefficient (Wildman–Crippen LogP) is 3.45. The second-order valence-corrected chi connectivity index (χ2v) is 8.47. The normalized spacial score (nSPS) is 20.7.